The lowest BCUT2D eigenvalue weighted by molar-refractivity contribution is 0.0684. The molecule has 7 rings (SSSR count). The fourth-order valence-electron chi connectivity index (χ4n) is 6.55. The Hall–Kier alpha value is -4.16. The van der Waals surface area contributed by atoms with E-state index in [2.05, 4.69) is 5.32 Å². The largest absolute Gasteiger partial charge is 0.477 e. The standard InChI is InChI=1S/C32H28Cl2F2N4O6/c33-23-25(21(35)9-17-26(23)39(15-4-5-15)12-19(29(17)41)31(43)44)37-14-3-1-2-8-38(11-14)28-22(36)10-18-27(24(28)34)40(16-6-7-16)13-20(30(18)42)32(45)46/h9-10,12-16,37H,1-8,11H2,(H,43,44)(H,45,46)/t14-/m0/s1. The zero-order valence-corrected chi connectivity index (χ0v) is 25.8. The molecule has 2 aromatic heterocycles. The number of anilines is 2. The van der Waals surface area contributed by atoms with Gasteiger partial charge in [-0.3, -0.25) is 9.59 Å². The summed E-state index contributed by atoms with van der Waals surface area (Å²) in [5.41, 5.74) is -2.03. The third-order valence-electron chi connectivity index (χ3n) is 9.07. The number of carboxylic acid groups (broad SMARTS) is 2. The summed E-state index contributed by atoms with van der Waals surface area (Å²) in [6, 6.07) is 1.47. The van der Waals surface area contributed by atoms with Crippen LogP contribution in [0.1, 0.15) is 77.7 Å². The van der Waals surface area contributed by atoms with Gasteiger partial charge in [-0.1, -0.05) is 23.2 Å². The number of pyridine rings is 2. The van der Waals surface area contributed by atoms with E-state index in [1.54, 1.807) is 14.0 Å². The lowest BCUT2D eigenvalue weighted by Gasteiger charge is -2.30. The number of carbonyl (C=O) groups is 2. The van der Waals surface area contributed by atoms with Gasteiger partial charge in [0, 0.05) is 43.6 Å². The van der Waals surface area contributed by atoms with Gasteiger partial charge in [0.15, 0.2) is 0 Å². The molecule has 1 aliphatic heterocycles. The smallest absolute Gasteiger partial charge is 0.341 e. The average Bonchev–Trinajstić information content (AvgIpc) is 3.90. The number of rotatable bonds is 7. The maximum Gasteiger partial charge on any atom is 0.341 e. The van der Waals surface area contributed by atoms with Crippen LogP contribution < -0.4 is 21.1 Å². The molecule has 4 aromatic rings. The zero-order chi connectivity index (χ0) is 32.6. The maximum absolute atomic E-state index is 15.9. The lowest BCUT2D eigenvalue weighted by atomic mass is 10.1. The van der Waals surface area contributed by atoms with Crippen LogP contribution in [0.2, 0.25) is 10.0 Å². The minimum absolute atomic E-state index is 0.00538. The van der Waals surface area contributed by atoms with Crippen molar-refractivity contribution in [2.24, 2.45) is 0 Å². The van der Waals surface area contributed by atoms with Gasteiger partial charge >= 0.3 is 11.9 Å². The van der Waals surface area contributed by atoms with Gasteiger partial charge in [0.2, 0.25) is 10.9 Å². The average molecular weight is 674 g/mol. The van der Waals surface area contributed by atoms with Crippen LogP contribution >= 0.6 is 23.2 Å². The molecule has 2 saturated carbocycles. The van der Waals surface area contributed by atoms with Gasteiger partial charge < -0.3 is 29.6 Å². The van der Waals surface area contributed by atoms with Gasteiger partial charge in [-0.2, -0.15) is 0 Å². The summed E-state index contributed by atoms with van der Waals surface area (Å²) in [5, 5.41) is 22.0. The molecule has 240 valence electrons. The molecule has 10 nitrogen and oxygen atoms in total. The highest BCUT2D eigenvalue weighted by molar-refractivity contribution is 6.38. The van der Waals surface area contributed by atoms with E-state index in [0.717, 1.165) is 37.8 Å². The molecule has 3 fully saturated rings. The Labute approximate surface area is 269 Å². The fourth-order valence-corrected chi connectivity index (χ4v) is 7.30. The Morgan fingerprint density at radius 2 is 1.30 bits per heavy atom. The van der Waals surface area contributed by atoms with E-state index in [1.165, 1.54) is 12.4 Å². The van der Waals surface area contributed by atoms with Crippen molar-refractivity contribution in [3.63, 3.8) is 0 Å². The zero-order valence-electron chi connectivity index (χ0n) is 24.3. The van der Waals surface area contributed by atoms with E-state index >= 15 is 8.78 Å². The molecule has 0 amide bonds. The summed E-state index contributed by atoms with van der Waals surface area (Å²) in [5.74, 6) is -4.42. The topological polar surface area (TPSA) is 134 Å². The summed E-state index contributed by atoms with van der Waals surface area (Å²) in [7, 11) is 0. The molecule has 2 aromatic carbocycles. The summed E-state index contributed by atoms with van der Waals surface area (Å²) in [6.45, 7) is 0.596. The quantitative estimate of drug-likeness (QED) is 0.204. The molecule has 14 heteroatoms. The molecule has 46 heavy (non-hydrogen) atoms. The van der Waals surface area contributed by atoms with Crippen molar-refractivity contribution < 1.29 is 28.6 Å². The summed E-state index contributed by atoms with van der Waals surface area (Å²) >= 11 is 13.7. The van der Waals surface area contributed by atoms with Crippen LogP contribution in [0.4, 0.5) is 20.2 Å². The van der Waals surface area contributed by atoms with Gasteiger partial charge in [-0.15, -0.1) is 0 Å². The van der Waals surface area contributed by atoms with Gasteiger partial charge in [-0.05, 0) is 57.1 Å². The number of carboxylic acids is 2. The molecular weight excluding hydrogens is 645 g/mol. The molecule has 2 aliphatic carbocycles. The molecule has 0 radical (unpaired) electrons. The van der Waals surface area contributed by atoms with Crippen molar-refractivity contribution in [1.82, 2.24) is 9.13 Å². The van der Waals surface area contributed by atoms with Crippen LogP contribution in [0.25, 0.3) is 21.8 Å². The second-order valence-corrected chi connectivity index (χ2v) is 13.0. The van der Waals surface area contributed by atoms with Gasteiger partial charge in [0.1, 0.15) is 22.8 Å². The maximum atomic E-state index is 15.9. The molecule has 0 spiro atoms. The van der Waals surface area contributed by atoms with Crippen molar-refractivity contribution >= 4 is 68.3 Å². The van der Waals surface area contributed by atoms with E-state index in [0.29, 0.717) is 25.8 Å². The second kappa shape index (κ2) is 11.3. The Kier molecular flexibility index (Phi) is 7.47. The predicted octanol–water partition coefficient (Wildman–Crippen LogP) is 6.44. The number of fused-ring (bicyclic) bond motifs is 2. The molecule has 0 bridgehead atoms. The second-order valence-electron chi connectivity index (χ2n) is 12.3. The Morgan fingerprint density at radius 3 is 1.83 bits per heavy atom. The number of benzene rings is 2. The van der Waals surface area contributed by atoms with Crippen molar-refractivity contribution in [1.29, 1.82) is 0 Å². The normalized spacial score (nSPS) is 18.6. The first-order valence-corrected chi connectivity index (χ1v) is 15.8. The molecule has 3 aliphatic rings. The number of hydrogen-bond acceptors (Lipinski definition) is 6. The van der Waals surface area contributed by atoms with Gasteiger partial charge in [0.25, 0.3) is 0 Å². The van der Waals surface area contributed by atoms with E-state index in [-0.39, 0.29) is 61.9 Å². The first-order valence-electron chi connectivity index (χ1n) is 15.1. The van der Waals surface area contributed by atoms with Crippen LogP contribution in [0.15, 0.2) is 34.1 Å². The molecule has 0 unspecified atom stereocenters. The third-order valence-corrected chi connectivity index (χ3v) is 9.80. The first-order chi connectivity index (χ1) is 22.0. The number of nitrogens with zero attached hydrogens (tertiary/aromatic N) is 3. The van der Waals surface area contributed by atoms with E-state index in [1.807, 2.05) is 0 Å². The van der Waals surface area contributed by atoms with E-state index < -0.39 is 51.6 Å². The van der Waals surface area contributed by atoms with Gasteiger partial charge in [-0.25, -0.2) is 18.4 Å². The first kappa shape index (κ1) is 30.5. The summed E-state index contributed by atoms with van der Waals surface area (Å²) in [6.07, 6.45) is 7.51. The molecule has 1 saturated heterocycles. The molecule has 3 heterocycles. The molecule has 3 N–H and O–H groups in total. The highest BCUT2D eigenvalue weighted by atomic mass is 35.5. The van der Waals surface area contributed by atoms with Gasteiger partial charge in [0.05, 0.1) is 43.2 Å². The van der Waals surface area contributed by atoms with Crippen molar-refractivity contribution in [2.45, 2.75) is 63.1 Å². The molecule has 1 atom stereocenters. The fraction of sp³-hybridized carbons (Fsp3) is 0.375. The monoisotopic (exact) mass is 672 g/mol. The minimum atomic E-state index is -1.41. The van der Waals surface area contributed by atoms with Crippen LogP contribution in [0.5, 0.6) is 0 Å². The van der Waals surface area contributed by atoms with Crippen molar-refractivity contribution in [2.75, 3.05) is 23.3 Å². The number of halogens is 4. The van der Waals surface area contributed by atoms with Crippen molar-refractivity contribution in [3.8, 4) is 0 Å². The van der Waals surface area contributed by atoms with Crippen LogP contribution in [-0.4, -0.2) is 50.4 Å². The van der Waals surface area contributed by atoms with Crippen LogP contribution in [-0.2, 0) is 0 Å². The van der Waals surface area contributed by atoms with E-state index in [9.17, 15) is 29.4 Å². The SMILES string of the molecule is O=C(O)c1cn(C2CC2)c2c(Cl)c(N[C@H]3CCCCN(c4c(F)cc5c(=O)c(C(=O)O)cn(C6CC6)c5c4Cl)C3)c(F)cc2c1=O. The predicted molar refractivity (Wildman–Crippen MR) is 170 cm³/mol. The number of aromatic nitrogens is 2. The number of nitrogens with one attached hydrogen (secondary N) is 1. The Balaban J connectivity index is 1.29. The summed E-state index contributed by atoms with van der Waals surface area (Å²) in [4.78, 5) is 51.2. The number of aromatic carboxylic acids is 2. The highest BCUT2D eigenvalue weighted by Crippen LogP contribution is 2.44. The Bertz CT molecular complexity index is 2110. The van der Waals surface area contributed by atoms with E-state index in [4.69, 9.17) is 23.2 Å². The molecular formula is C32H28Cl2F2N4O6. The van der Waals surface area contributed by atoms with Crippen molar-refractivity contribution in [3.05, 3.63) is 77.8 Å². The lowest BCUT2D eigenvalue weighted by Crippen LogP contribution is -2.36. The minimum Gasteiger partial charge on any atom is -0.477 e. The van der Waals surface area contributed by atoms with Crippen LogP contribution in [0, 0.1) is 11.6 Å². The third kappa shape index (κ3) is 5.07. The van der Waals surface area contributed by atoms with Crippen LogP contribution in [0.3, 0.4) is 0 Å². The Morgan fingerprint density at radius 1 is 0.783 bits per heavy atom. The highest BCUT2D eigenvalue weighted by Gasteiger charge is 2.33. The number of hydrogen-bond donors (Lipinski definition) is 3. The summed E-state index contributed by atoms with van der Waals surface area (Å²) < 4.78 is 34.8.